The first-order chi connectivity index (χ1) is 14.5. The number of carbonyl (C=O) groups excluding carboxylic acids is 3. The molecule has 0 spiro atoms. The Morgan fingerprint density at radius 1 is 1.37 bits per heavy atom. The molecule has 0 atom stereocenters. The van der Waals surface area contributed by atoms with Crippen molar-refractivity contribution in [3.8, 4) is 0 Å². The van der Waals surface area contributed by atoms with Crippen LogP contribution in [0, 0.1) is 12.3 Å². The summed E-state index contributed by atoms with van der Waals surface area (Å²) in [6, 6.07) is 7.02. The van der Waals surface area contributed by atoms with Gasteiger partial charge in [-0.2, -0.15) is 0 Å². The predicted molar refractivity (Wildman–Crippen MR) is 110 cm³/mol. The first-order valence-electron chi connectivity index (χ1n) is 9.59. The second-order valence-corrected chi connectivity index (χ2v) is 7.23. The quantitative estimate of drug-likeness (QED) is 0.509. The summed E-state index contributed by atoms with van der Waals surface area (Å²) in [6.07, 6.45) is 7.12. The summed E-state index contributed by atoms with van der Waals surface area (Å²) in [7, 11) is 0. The molecule has 3 amide bonds. The molecule has 156 valence electrons. The fourth-order valence-corrected chi connectivity index (χ4v) is 3.10. The van der Waals surface area contributed by atoms with Crippen LogP contribution in [0.5, 0.6) is 0 Å². The molecule has 0 aromatic heterocycles. The number of carbonyl (C=O) groups is 3. The zero-order chi connectivity index (χ0) is 21.7. The number of amides is 3. The summed E-state index contributed by atoms with van der Waals surface area (Å²) >= 11 is 0. The van der Waals surface area contributed by atoms with Crippen molar-refractivity contribution in [3.05, 3.63) is 71.3 Å². The van der Waals surface area contributed by atoms with E-state index in [1.54, 1.807) is 48.4 Å². The zero-order valence-corrected chi connectivity index (χ0v) is 16.6. The van der Waals surface area contributed by atoms with E-state index in [0.717, 1.165) is 17.7 Å². The van der Waals surface area contributed by atoms with Crippen LogP contribution in [0.1, 0.15) is 28.8 Å². The van der Waals surface area contributed by atoms with Gasteiger partial charge in [0.15, 0.2) is 0 Å². The van der Waals surface area contributed by atoms with Gasteiger partial charge in [-0.3, -0.25) is 24.7 Å². The minimum atomic E-state index is -0.518. The molecule has 30 heavy (non-hydrogen) atoms. The van der Waals surface area contributed by atoms with Gasteiger partial charge in [0.1, 0.15) is 0 Å². The van der Waals surface area contributed by atoms with Gasteiger partial charge < -0.3 is 10.2 Å². The molecule has 0 saturated heterocycles. The number of nitrogens with zero attached hydrogens (tertiary/aromatic N) is 2. The maximum absolute atomic E-state index is 13.4. The molecule has 0 bridgehead atoms. The van der Waals surface area contributed by atoms with Gasteiger partial charge in [-0.05, 0) is 43.0 Å². The number of imide groups is 1. The molecule has 3 rings (SSSR count). The lowest BCUT2D eigenvalue weighted by Crippen LogP contribution is -2.36. The standard InChI is InChI=1S/C22H23FN4O3/c1-15-4-2-3-5-18(15)21(29)26(14-28)13-16(10-23)11-25-12-19-20(24)8-9-27(22(19)30)17-6-7-17/h2-5,8-10,12,14,17,24-25H,6-7,11,13H2,1H3/b16-10-,19-12+,24-20?. The zero-order valence-electron chi connectivity index (χ0n) is 16.6. The lowest BCUT2D eigenvalue weighted by molar-refractivity contribution is -0.124. The van der Waals surface area contributed by atoms with Gasteiger partial charge in [0.25, 0.3) is 11.8 Å². The van der Waals surface area contributed by atoms with Crippen molar-refractivity contribution in [3.63, 3.8) is 0 Å². The van der Waals surface area contributed by atoms with Crippen LogP contribution < -0.4 is 5.32 Å². The van der Waals surface area contributed by atoms with Crippen molar-refractivity contribution in [1.82, 2.24) is 15.1 Å². The van der Waals surface area contributed by atoms with Gasteiger partial charge in [-0.25, -0.2) is 4.39 Å². The number of benzene rings is 1. The van der Waals surface area contributed by atoms with E-state index in [1.165, 1.54) is 6.20 Å². The van der Waals surface area contributed by atoms with Crippen molar-refractivity contribution >= 4 is 23.9 Å². The van der Waals surface area contributed by atoms with Crippen molar-refractivity contribution in [2.45, 2.75) is 25.8 Å². The molecule has 1 aliphatic carbocycles. The first kappa shape index (κ1) is 21.2. The van der Waals surface area contributed by atoms with E-state index in [1.807, 2.05) is 0 Å². The second kappa shape index (κ2) is 9.30. The fourth-order valence-electron chi connectivity index (χ4n) is 3.10. The maximum atomic E-state index is 13.4. The Bertz CT molecular complexity index is 963. The number of rotatable bonds is 8. The average molecular weight is 410 g/mol. The summed E-state index contributed by atoms with van der Waals surface area (Å²) < 4.78 is 13.4. The van der Waals surface area contributed by atoms with Crippen LogP contribution in [-0.2, 0) is 9.59 Å². The van der Waals surface area contributed by atoms with E-state index in [-0.39, 0.29) is 41.9 Å². The molecule has 1 heterocycles. The summed E-state index contributed by atoms with van der Waals surface area (Å²) in [6.45, 7) is 1.49. The Kier molecular flexibility index (Phi) is 6.56. The third kappa shape index (κ3) is 4.71. The summed E-state index contributed by atoms with van der Waals surface area (Å²) in [5.74, 6) is -0.789. The van der Waals surface area contributed by atoms with Crippen molar-refractivity contribution < 1.29 is 18.8 Å². The molecule has 1 aromatic carbocycles. The van der Waals surface area contributed by atoms with E-state index in [2.05, 4.69) is 5.32 Å². The fraction of sp³-hybridized carbons (Fsp3) is 0.273. The molecule has 1 aliphatic heterocycles. The highest BCUT2D eigenvalue weighted by Crippen LogP contribution is 2.30. The number of hydrogen-bond acceptors (Lipinski definition) is 5. The number of halogens is 1. The molecular formula is C22H23FN4O3. The largest absolute Gasteiger partial charge is 0.386 e. The number of hydrogen-bond donors (Lipinski definition) is 2. The highest BCUT2D eigenvalue weighted by Gasteiger charge is 2.35. The summed E-state index contributed by atoms with van der Waals surface area (Å²) in [5, 5.41) is 10.8. The SMILES string of the molecule is Cc1ccccc1C(=O)N(C=O)C/C(=C\F)CN/C=C1\C(=N)C=CN(C2CC2)C1=O. The summed E-state index contributed by atoms with van der Waals surface area (Å²) in [4.78, 5) is 39.0. The topological polar surface area (TPSA) is 93.6 Å². The minimum absolute atomic E-state index is 0.0287. The molecule has 1 saturated carbocycles. The normalized spacial score (nSPS) is 18.0. The third-order valence-electron chi connectivity index (χ3n) is 4.96. The van der Waals surface area contributed by atoms with Crippen LogP contribution in [0.2, 0.25) is 0 Å². The molecule has 1 fully saturated rings. The van der Waals surface area contributed by atoms with Crippen LogP contribution in [0.3, 0.4) is 0 Å². The molecule has 0 radical (unpaired) electrons. The lowest BCUT2D eigenvalue weighted by Gasteiger charge is -2.23. The number of aryl methyl sites for hydroxylation is 1. The maximum Gasteiger partial charge on any atom is 0.261 e. The molecule has 0 unspecified atom stereocenters. The Balaban J connectivity index is 1.63. The Morgan fingerprint density at radius 3 is 2.73 bits per heavy atom. The van der Waals surface area contributed by atoms with Crippen LogP contribution in [0.25, 0.3) is 0 Å². The van der Waals surface area contributed by atoms with E-state index >= 15 is 0 Å². The van der Waals surface area contributed by atoms with Crippen molar-refractivity contribution in [2.75, 3.05) is 13.1 Å². The number of allylic oxidation sites excluding steroid dienone is 1. The number of nitrogens with one attached hydrogen (secondary N) is 2. The summed E-state index contributed by atoms with van der Waals surface area (Å²) in [5.41, 5.74) is 1.48. The third-order valence-corrected chi connectivity index (χ3v) is 4.96. The van der Waals surface area contributed by atoms with E-state index < -0.39 is 5.91 Å². The highest BCUT2D eigenvalue weighted by atomic mass is 19.1. The van der Waals surface area contributed by atoms with E-state index in [9.17, 15) is 18.8 Å². The van der Waals surface area contributed by atoms with Gasteiger partial charge in [-0.15, -0.1) is 0 Å². The van der Waals surface area contributed by atoms with Gasteiger partial charge in [-0.1, -0.05) is 18.2 Å². The van der Waals surface area contributed by atoms with Crippen molar-refractivity contribution in [1.29, 1.82) is 5.41 Å². The van der Waals surface area contributed by atoms with Gasteiger partial charge in [0.2, 0.25) is 6.41 Å². The van der Waals surface area contributed by atoms with Crippen LogP contribution in [-0.4, -0.2) is 52.9 Å². The molecule has 7 nitrogen and oxygen atoms in total. The molecule has 1 aromatic rings. The molecular weight excluding hydrogens is 387 g/mol. The molecule has 2 N–H and O–H groups in total. The van der Waals surface area contributed by atoms with Crippen LogP contribution >= 0.6 is 0 Å². The van der Waals surface area contributed by atoms with Crippen molar-refractivity contribution in [2.24, 2.45) is 0 Å². The van der Waals surface area contributed by atoms with Gasteiger partial charge >= 0.3 is 0 Å². The monoisotopic (exact) mass is 410 g/mol. The first-order valence-corrected chi connectivity index (χ1v) is 9.59. The molecule has 2 aliphatic rings. The Morgan fingerprint density at radius 2 is 2.10 bits per heavy atom. The molecule has 8 heteroatoms. The van der Waals surface area contributed by atoms with Crippen LogP contribution in [0.15, 0.2) is 60.2 Å². The average Bonchev–Trinajstić information content (AvgIpc) is 3.58. The smallest absolute Gasteiger partial charge is 0.261 e. The van der Waals surface area contributed by atoms with Gasteiger partial charge in [0, 0.05) is 30.5 Å². The van der Waals surface area contributed by atoms with Gasteiger partial charge in [0.05, 0.1) is 24.2 Å². The predicted octanol–water partition coefficient (Wildman–Crippen LogP) is 2.46. The second-order valence-electron chi connectivity index (χ2n) is 7.23. The Labute approximate surface area is 174 Å². The minimum Gasteiger partial charge on any atom is -0.386 e. The Hall–Kier alpha value is -3.55. The van der Waals surface area contributed by atoms with E-state index in [0.29, 0.717) is 23.9 Å². The highest BCUT2D eigenvalue weighted by molar-refractivity contribution is 6.26. The van der Waals surface area contributed by atoms with E-state index in [4.69, 9.17) is 5.41 Å². The lowest BCUT2D eigenvalue weighted by atomic mass is 10.1. The van der Waals surface area contributed by atoms with Crippen LogP contribution in [0.4, 0.5) is 4.39 Å².